The lowest BCUT2D eigenvalue weighted by Crippen LogP contribution is -2.15. The molecule has 0 atom stereocenters. The van der Waals surface area contributed by atoms with Gasteiger partial charge in [-0.15, -0.1) is 0 Å². The molecule has 1 aliphatic heterocycles. The maximum absolute atomic E-state index is 4.30. The van der Waals surface area contributed by atoms with E-state index >= 15 is 0 Å². The van der Waals surface area contributed by atoms with Gasteiger partial charge in [0.15, 0.2) is 0 Å². The lowest BCUT2D eigenvalue weighted by Gasteiger charge is -1.96. The van der Waals surface area contributed by atoms with Crippen molar-refractivity contribution >= 4 is 5.84 Å². The molecule has 0 radical (unpaired) electrons. The summed E-state index contributed by atoms with van der Waals surface area (Å²) in [4.78, 5) is 4.30. The van der Waals surface area contributed by atoms with Crippen molar-refractivity contribution in [1.29, 1.82) is 0 Å². The highest BCUT2D eigenvalue weighted by atomic mass is 15.1. The van der Waals surface area contributed by atoms with E-state index in [0.29, 0.717) is 0 Å². The zero-order valence-electron chi connectivity index (χ0n) is 9.26. The minimum Gasteiger partial charge on any atom is -0.369 e. The molecule has 0 bridgehead atoms. The van der Waals surface area contributed by atoms with Gasteiger partial charge in [-0.3, -0.25) is 4.99 Å². The Morgan fingerprint density at radius 2 is 2.14 bits per heavy atom. The van der Waals surface area contributed by atoms with Crippen LogP contribution in [0.25, 0.3) is 0 Å². The molecule has 0 saturated heterocycles. The van der Waals surface area contributed by atoms with Crippen LogP contribution >= 0.6 is 0 Å². The van der Waals surface area contributed by atoms with Gasteiger partial charge in [-0.1, -0.05) is 38.7 Å². The van der Waals surface area contributed by atoms with E-state index in [-0.39, 0.29) is 0 Å². The van der Waals surface area contributed by atoms with Gasteiger partial charge < -0.3 is 5.32 Å². The number of hydrogen-bond donors (Lipinski definition) is 1. The summed E-state index contributed by atoms with van der Waals surface area (Å²) >= 11 is 0. The van der Waals surface area contributed by atoms with Gasteiger partial charge in [0, 0.05) is 6.54 Å². The second kappa shape index (κ2) is 7.60. The fourth-order valence-electron chi connectivity index (χ4n) is 1.59. The van der Waals surface area contributed by atoms with E-state index in [4.69, 9.17) is 0 Å². The van der Waals surface area contributed by atoms with Crippen molar-refractivity contribution in [3.8, 4) is 0 Å². The predicted molar refractivity (Wildman–Crippen MR) is 62.8 cm³/mol. The summed E-state index contributed by atoms with van der Waals surface area (Å²) in [5.41, 5.74) is 0. The van der Waals surface area contributed by atoms with E-state index in [2.05, 4.69) is 29.4 Å². The third-order valence-corrected chi connectivity index (χ3v) is 2.45. The van der Waals surface area contributed by atoms with Crippen LogP contribution in [-0.4, -0.2) is 18.9 Å². The lowest BCUT2D eigenvalue weighted by molar-refractivity contribution is 0.637. The normalized spacial score (nSPS) is 15.9. The van der Waals surface area contributed by atoms with Crippen LogP contribution < -0.4 is 5.32 Å². The molecule has 1 rings (SSSR count). The minimum atomic E-state index is 0.941. The first-order valence-corrected chi connectivity index (χ1v) is 5.88. The Morgan fingerprint density at radius 3 is 2.86 bits per heavy atom. The van der Waals surface area contributed by atoms with Crippen molar-refractivity contribution in [1.82, 2.24) is 5.32 Å². The molecule has 0 aliphatic carbocycles. The van der Waals surface area contributed by atoms with Crippen molar-refractivity contribution in [2.45, 2.75) is 45.4 Å². The summed E-state index contributed by atoms with van der Waals surface area (Å²) in [5, 5.41) is 3.23. The Labute approximate surface area is 87.5 Å². The third-order valence-electron chi connectivity index (χ3n) is 2.45. The topological polar surface area (TPSA) is 24.4 Å². The highest BCUT2D eigenvalue weighted by Gasteiger charge is 1.98. The quantitative estimate of drug-likeness (QED) is 0.619. The summed E-state index contributed by atoms with van der Waals surface area (Å²) in [6.07, 6.45) is 12.4. The standard InChI is InChI=1S/C12H22N2/c1-2-3-4-5-6-7-8-9-12-13-10-11-14-12/h8-9H,2-7,10-11H2,1H3,(H,13,14)/b9-8+. The second-order valence-corrected chi connectivity index (χ2v) is 3.80. The maximum atomic E-state index is 4.30. The molecule has 2 nitrogen and oxygen atoms in total. The number of rotatable bonds is 7. The maximum Gasteiger partial charge on any atom is 0.120 e. The summed E-state index contributed by atoms with van der Waals surface area (Å²) in [6, 6.07) is 0. The van der Waals surface area contributed by atoms with E-state index in [1.54, 1.807) is 0 Å². The highest BCUT2D eigenvalue weighted by Crippen LogP contribution is 2.05. The fraction of sp³-hybridized carbons (Fsp3) is 0.750. The van der Waals surface area contributed by atoms with Crippen molar-refractivity contribution in [2.24, 2.45) is 4.99 Å². The second-order valence-electron chi connectivity index (χ2n) is 3.80. The molecule has 2 heteroatoms. The van der Waals surface area contributed by atoms with E-state index < -0.39 is 0 Å². The lowest BCUT2D eigenvalue weighted by atomic mass is 10.1. The molecule has 0 aromatic carbocycles. The number of aliphatic imine (C=N–C) groups is 1. The molecule has 80 valence electrons. The third kappa shape index (κ3) is 5.05. The Morgan fingerprint density at radius 1 is 1.29 bits per heavy atom. The predicted octanol–water partition coefficient (Wildman–Crippen LogP) is 2.90. The van der Waals surface area contributed by atoms with Gasteiger partial charge in [-0.05, 0) is 18.9 Å². The monoisotopic (exact) mass is 194 g/mol. The first-order chi connectivity index (χ1) is 6.93. The average molecular weight is 194 g/mol. The molecule has 1 N–H and O–H groups in total. The molecule has 0 aromatic rings. The fourth-order valence-corrected chi connectivity index (χ4v) is 1.59. The molecule has 0 fully saturated rings. The van der Waals surface area contributed by atoms with Crippen LogP contribution in [0.1, 0.15) is 45.4 Å². The number of amidine groups is 1. The number of allylic oxidation sites excluding steroid dienone is 1. The highest BCUT2D eigenvalue weighted by molar-refractivity contribution is 5.93. The van der Waals surface area contributed by atoms with Gasteiger partial charge in [0.25, 0.3) is 0 Å². The van der Waals surface area contributed by atoms with Gasteiger partial charge in [0.2, 0.25) is 0 Å². The summed E-state index contributed by atoms with van der Waals surface area (Å²) in [6.45, 7) is 4.20. The van der Waals surface area contributed by atoms with Crippen LogP contribution in [0.4, 0.5) is 0 Å². The SMILES string of the molecule is CCCCCCC/C=C/C1=NCCN1. The molecule has 0 saturated carbocycles. The zero-order valence-corrected chi connectivity index (χ0v) is 9.26. The summed E-state index contributed by atoms with van der Waals surface area (Å²) < 4.78 is 0. The molecular weight excluding hydrogens is 172 g/mol. The van der Waals surface area contributed by atoms with Gasteiger partial charge in [0.1, 0.15) is 5.84 Å². The van der Waals surface area contributed by atoms with Crippen LogP contribution in [0.15, 0.2) is 17.1 Å². The molecule has 1 heterocycles. The van der Waals surface area contributed by atoms with Crippen molar-refractivity contribution in [3.05, 3.63) is 12.2 Å². The van der Waals surface area contributed by atoms with Gasteiger partial charge in [0.05, 0.1) is 6.54 Å². The number of unbranched alkanes of at least 4 members (excludes halogenated alkanes) is 5. The molecule has 0 aromatic heterocycles. The summed E-state index contributed by atoms with van der Waals surface area (Å²) in [7, 11) is 0. The van der Waals surface area contributed by atoms with E-state index in [1.165, 1.54) is 38.5 Å². The van der Waals surface area contributed by atoms with Crippen LogP contribution in [-0.2, 0) is 0 Å². The van der Waals surface area contributed by atoms with Crippen molar-refractivity contribution in [3.63, 3.8) is 0 Å². The smallest absolute Gasteiger partial charge is 0.120 e. The van der Waals surface area contributed by atoms with E-state index in [0.717, 1.165) is 18.9 Å². The van der Waals surface area contributed by atoms with Crippen molar-refractivity contribution in [2.75, 3.05) is 13.1 Å². The largest absolute Gasteiger partial charge is 0.369 e. The molecular formula is C12H22N2. The van der Waals surface area contributed by atoms with Gasteiger partial charge in [-0.2, -0.15) is 0 Å². The Balaban J connectivity index is 1.92. The zero-order chi connectivity index (χ0) is 10.1. The van der Waals surface area contributed by atoms with Crippen LogP contribution in [0.3, 0.4) is 0 Å². The van der Waals surface area contributed by atoms with Crippen LogP contribution in [0, 0.1) is 0 Å². The Kier molecular flexibility index (Phi) is 6.13. The minimum absolute atomic E-state index is 0.941. The number of nitrogens with one attached hydrogen (secondary N) is 1. The molecule has 0 amide bonds. The average Bonchev–Trinajstić information content (AvgIpc) is 2.69. The van der Waals surface area contributed by atoms with Crippen LogP contribution in [0.5, 0.6) is 0 Å². The Bertz CT molecular complexity index is 194. The van der Waals surface area contributed by atoms with Crippen molar-refractivity contribution < 1.29 is 0 Å². The first-order valence-electron chi connectivity index (χ1n) is 5.88. The first kappa shape index (κ1) is 11.3. The Hall–Kier alpha value is -0.790. The van der Waals surface area contributed by atoms with Crippen LogP contribution in [0.2, 0.25) is 0 Å². The molecule has 0 spiro atoms. The van der Waals surface area contributed by atoms with E-state index in [9.17, 15) is 0 Å². The summed E-state index contributed by atoms with van der Waals surface area (Å²) in [5.74, 6) is 1.07. The van der Waals surface area contributed by atoms with E-state index in [1.807, 2.05) is 0 Å². The molecule has 0 unspecified atom stereocenters. The number of hydrogen-bond acceptors (Lipinski definition) is 2. The molecule has 14 heavy (non-hydrogen) atoms. The van der Waals surface area contributed by atoms with Gasteiger partial charge in [-0.25, -0.2) is 0 Å². The number of nitrogens with zero attached hydrogens (tertiary/aromatic N) is 1. The molecule has 1 aliphatic rings. The van der Waals surface area contributed by atoms with Gasteiger partial charge >= 0.3 is 0 Å².